The Morgan fingerprint density at radius 3 is 2.68 bits per heavy atom. The molecule has 1 aliphatic heterocycles. The molecule has 0 spiro atoms. The molecule has 0 bridgehead atoms. The zero-order chi connectivity index (χ0) is 19.7. The summed E-state index contributed by atoms with van der Waals surface area (Å²) in [6.45, 7) is 2.27. The molecular weight excluding hydrogens is 372 g/mol. The third-order valence-corrected chi connectivity index (χ3v) is 5.27. The molecule has 0 saturated heterocycles. The molecule has 144 valence electrons. The second kappa shape index (κ2) is 7.78. The SMILES string of the molecule is CN(C)Cc1ccc2c(c1)CCN(C(=O)c1cc(-c3ccc(Cl)cc3)n[nH]1)C2. The summed E-state index contributed by atoms with van der Waals surface area (Å²) in [5.41, 5.74) is 6.06. The first-order chi connectivity index (χ1) is 13.5. The minimum Gasteiger partial charge on any atom is -0.333 e. The van der Waals surface area contributed by atoms with E-state index in [0.717, 1.165) is 24.2 Å². The second-order valence-electron chi connectivity index (χ2n) is 7.49. The van der Waals surface area contributed by atoms with E-state index in [0.29, 0.717) is 23.8 Å². The van der Waals surface area contributed by atoms with Crippen molar-refractivity contribution in [3.63, 3.8) is 0 Å². The molecule has 0 saturated carbocycles. The highest BCUT2D eigenvalue weighted by Gasteiger charge is 2.23. The summed E-state index contributed by atoms with van der Waals surface area (Å²) < 4.78 is 0. The number of carbonyl (C=O) groups is 1. The van der Waals surface area contributed by atoms with Crippen LogP contribution in [0.5, 0.6) is 0 Å². The van der Waals surface area contributed by atoms with Gasteiger partial charge >= 0.3 is 0 Å². The van der Waals surface area contributed by atoms with Crippen LogP contribution in [0.3, 0.4) is 0 Å². The molecule has 1 aliphatic rings. The van der Waals surface area contributed by atoms with E-state index in [1.807, 2.05) is 29.2 Å². The first-order valence-electron chi connectivity index (χ1n) is 9.35. The van der Waals surface area contributed by atoms with Crippen LogP contribution in [0.15, 0.2) is 48.5 Å². The maximum absolute atomic E-state index is 12.9. The fourth-order valence-corrected chi connectivity index (χ4v) is 3.74. The molecule has 2 heterocycles. The largest absolute Gasteiger partial charge is 0.333 e. The molecule has 1 aromatic heterocycles. The Balaban J connectivity index is 1.48. The van der Waals surface area contributed by atoms with E-state index in [4.69, 9.17) is 11.6 Å². The van der Waals surface area contributed by atoms with Crippen molar-refractivity contribution in [3.05, 3.63) is 75.9 Å². The van der Waals surface area contributed by atoms with E-state index in [1.165, 1.54) is 16.7 Å². The lowest BCUT2D eigenvalue weighted by Crippen LogP contribution is -2.36. The quantitative estimate of drug-likeness (QED) is 0.727. The van der Waals surface area contributed by atoms with Gasteiger partial charge in [-0.05, 0) is 55.4 Å². The number of aromatic amines is 1. The number of fused-ring (bicyclic) bond motifs is 1. The number of benzene rings is 2. The molecule has 1 amide bonds. The zero-order valence-corrected chi connectivity index (χ0v) is 16.8. The molecular formula is C22H23ClN4O. The van der Waals surface area contributed by atoms with Crippen LogP contribution < -0.4 is 0 Å². The van der Waals surface area contributed by atoms with Crippen molar-refractivity contribution in [1.82, 2.24) is 20.0 Å². The molecule has 28 heavy (non-hydrogen) atoms. The fraction of sp³-hybridized carbons (Fsp3) is 0.273. The number of nitrogens with one attached hydrogen (secondary N) is 1. The minimum absolute atomic E-state index is 0.0178. The van der Waals surface area contributed by atoms with Gasteiger partial charge in [0.25, 0.3) is 5.91 Å². The maximum Gasteiger partial charge on any atom is 0.272 e. The summed E-state index contributed by atoms with van der Waals surface area (Å²) in [6, 6.07) is 15.8. The summed E-state index contributed by atoms with van der Waals surface area (Å²) in [5, 5.41) is 7.86. The smallest absolute Gasteiger partial charge is 0.272 e. The van der Waals surface area contributed by atoms with Crippen LogP contribution >= 0.6 is 11.6 Å². The van der Waals surface area contributed by atoms with Crippen molar-refractivity contribution in [1.29, 1.82) is 0 Å². The van der Waals surface area contributed by atoms with Gasteiger partial charge in [0.05, 0.1) is 5.69 Å². The predicted molar refractivity (Wildman–Crippen MR) is 111 cm³/mol. The number of rotatable bonds is 4. The van der Waals surface area contributed by atoms with Gasteiger partial charge in [-0.3, -0.25) is 9.89 Å². The van der Waals surface area contributed by atoms with Gasteiger partial charge in [0.1, 0.15) is 5.69 Å². The van der Waals surface area contributed by atoms with E-state index in [-0.39, 0.29) is 5.91 Å². The summed E-state index contributed by atoms with van der Waals surface area (Å²) in [7, 11) is 4.14. The van der Waals surface area contributed by atoms with Crippen molar-refractivity contribution >= 4 is 17.5 Å². The van der Waals surface area contributed by atoms with Crippen molar-refractivity contribution < 1.29 is 4.79 Å². The Morgan fingerprint density at radius 1 is 1.14 bits per heavy atom. The van der Waals surface area contributed by atoms with Crippen molar-refractivity contribution in [2.45, 2.75) is 19.5 Å². The lowest BCUT2D eigenvalue weighted by Gasteiger charge is -2.29. The summed E-state index contributed by atoms with van der Waals surface area (Å²) in [4.78, 5) is 17.0. The standard InChI is InChI=1S/C22H23ClN4O/c1-26(2)13-15-3-4-18-14-27(10-9-17(18)11-15)22(28)21-12-20(24-25-21)16-5-7-19(23)8-6-16/h3-8,11-12H,9-10,13-14H2,1-2H3,(H,24,25). The molecule has 2 aromatic carbocycles. The van der Waals surface area contributed by atoms with Gasteiger partial charge in [-0.15, -0.1) is 0 Å². The molecule has 4 rings (SSSR count). The van der Waals surface area contributed by atoms with Gasteiger partial charge in [0.15, 0.2) is 0 Å². The van der Waals surface area contributed by atoms with Crippen molar-refractivity contribution in [2.75, 3.05) is 20.6 Å². The average Bonchev–Trinajstić information content (AvgIpc) is 3.17. The molecule has 0 aliphatic carbocycles. The summed E-state index contributed by atoms with van der Waals surface area (Å²) in [6.07, 6.45) is 0.876. The number of aromatic nitrogens is 2. The fourth-order valence-electron chi connectivity index (χ4n) is 3.61. The number of carbonyl (C=O) groups excluding carboxylic acids is 1. The Hall–Kier alpha value is -2.63. The van der Waals surface area contributed by atoms with Gasteiger partial charge in [-0.2, -0.15) is 5.10 Å². The molecule has 3 aromatic rings. The van der Waals surface area contributed by atoms with E-state index in [9.17, 15) is 4.79 Å². The molecule has 0 fully saturated rings. The highest BCUT2D eigenvalue weighted by atomic mass is 35.5. The number of hydrogen-bond acceptors (Lipinski definition) is 3. The predicted octanol–water partition coefficient (Wildman–Crippen LogP) is 3.99. The molecule has 5 nitrogen and oxygen atoms in total. The van der Waals surface area contributed by atoms with E-state index < -0.39 is 0 Å². The third kappa shape index (κ3) is 3.96. The van der Waals surface area contributed by atoms with Crippen LogP contribution in [0.1, 0.15) is 27.2 Å². The molecule has 0 atom stereocenters. The van der Waals surface area contributed by atoms with Gasteiger partial charge in [-0.1, -0.05) is 41.9 Å². The first kappa shape index (κ1) is 18.7. The van der Waals surface area contributed by atoms with Gasteiger partial charge in [0.2, 0.25) is 0 Å². The topological polar surface area (TPSA) is 52.2 Å². The van der Waals surface area contributed by atoms with Crippen LogP contribution in [0.4, 0.5) is 0 Å². The van der Waals surface area contributed by atoms with Gasteiger partial charge in [0, 0.05) is 30.2 Å². The highest BCUT2D eigenvalue weighted by Crippen LogP contribution is 2.24. The number of nitrogens with zero attached hydrogens (tertiary/aromatic N) is 3. The lowest BCUT2D eigenvalue weighted by molar-refractivity contribution is 0.0728. The van der Waals surface area contributed by atoms with Crippen LogP contribution in [-0.4, -0.2) is 46.5 Å². The van der Waals surface area contributed by atoms with Crippen LogP contribution in [0, 0.1) is 0 Å². The average molecular weight is 395 g/mol. The zero-order valence-electron chi connectivity index (χ0n) is 16.1. The lowest BCUT2D eigenvalue weighted by atomic mass is 9.97. The van der Waals surface area contributed by atoms with Gasteiger partial charge in [-0.25, -0.2) is 0 Å². The number of amides is 1. The Bertz CT molecular complexity index is 994. The Morgan fingerprint density at radius 2 is 1.93 bits per heavy atom. The van der Waals surface area contributed by atoms with E-state index >= 15 is 0 Å². The second-order valence-corrected chi connectivity index (χ2v) is 7.93. The Labute approximate surface area is 169 Å². The number of halogens is 1. The Kier molecular flexibility index (Phi) is 5.20. The summed E-state index contributed by atoms with van der Waals surface area (Å²) in [5.74, 6) is -0.0178. The third-order valence-electron chi connectivity index (χ3n) is 5.02. The molecule has 0 radical (unpaired) electrons. The van der Waals surface area contributed by atoms with Crippen molar-refractivity contribution in [3.8, 4) is 11.3 Å². The summed E-state index contributed by atoms with van der Waals surface area (Å²) >= 11 is 5.94. The van der Waals surface area contributed by atoms with E-state index in [2.05, 4.69) is 47.4 Å². The van der Waals surface area contributed by atoms with Crippen LogP contribution in [0.25, 0.3) is 11.3 Å². The van der Waals surface area contributed by atoms with Crippen LogP contribution in [0.2, 0.25) is 5.02 Å². The molecule has 1 N–H and O–H groups in total. The van der Waals surface area contributed by atoms with E-state index in [1.54, 1.807) is 6.07 Å². The molecule has 6 heteroatoms. The monoisotopic (exact) mass is 394 g/mol. The van der Waals surface area contributed by atoms with Gasteiger partial charge < -0.3 is 9.80 Å². The first-order valence-corrected chi connectivity index (χ1v) is 9.73. The maximum atomic E-state index is 12.9. The normalized spacial score (nSPS) is 13.6. The van der Waals surface area contributed by atoms with Crippen molar-refractivity contribution in [2.24, 2.45) is 0 Å². The molecule has 0 unspecified atom stereocenters. The number of H-pyrrole nitrogens is 1. The van der Waals surface area contributed by atoms with Crippen LogP contribution in [-0.2, 0) is 19.5 Å². The minimum atomic E-state index is -0.0178. The number of hydrogen-bond donors (Lipinski definition) is 1. The highest BCUT2D eigenvalue weighted by molar-refractivity contribution is 6.30.